The van der Waals surface area contributed by atoms with Crippen molar-refractivity contribution in [3.8, 4) is 0 Å². The lowest BCUT2D eigenvalue weighted by Gasteiger charge is -2.41. The van der Waals surface area contributed by atoms with E-state index in [2.05, 4.69) is 63.2 Å². The summed E-state index contributed by atoms with van der Waals surface area (Å²) in [6.07, 6.45) is 5.41. The zero-order valence-electron chi connectivity index (χ0n) is 17.3. The molecule has 2 aromatic rings. The molecule has 2 aromatic carbocycles. The van der Waals surface area contributed by atoms with Crippen molar-refractivity contribution >= 4 is 5.78 Å². The molecule has 0 saturated carbocycles. The first-order valence-electron chi connectivity index (χ1n) is 10.5. The average Bonchev–Trinajstić information content (AvgIpc) is 2.66. The Bertz CT molecular complexity index is 749. The van der Waals surface area contributed by atoms with E-state index in [1.807, 2.05) is 0 Å². The van der Waals surface area contributed by atoms with Gasteiger partial charge < -0.3 is 4.48 Å². The molecule has 2 nitrogen and oxygen atoms in total. The summed E-state index contributed by atoms with van der Waals surface area (Å²) in [5, 5.41) is 0. The lowest BCUT2D eigenvalue weighted by Crippen LogP contribution is -2.53. The molecule has 0 atom stereocenters. The number of nitrogens with zero attached hydrogens (tertiary/aromatic N) is 1. The number of piperidine rings is 1. The predicted octanol–water partition coefficient (Wildman–Crippen LogP) is 5.18. The van der Waals surface area contributed by atoms with E-state index in [0.29, 0.717) is 18.7 Å². The van der Waals surface area contributed by atoms with Gasteiger partial charge in [0.15, 0.2) is 5.78 Å². The Morgan fingerprint density at radius 3 is 2.15 bits per heavy atom. The van der Waals surface area contributed by atoms with Gasteiger partial charge >= 0.3 is 0 Å². The van der Waals surface area contributed by atoms with Crippen molar-refractivity contribution in [2.75, 3.05) is 19.6 Å². The number of Topliss-reactive ketones (excluding diaryl/α,β-unsaturated/α-hetero) is 1. The number of rotatable bonds is 7. The lowest BCUT2D eigenvalue weighted by atomic mass is 9.94. The highest BCUT2D eigenvalue weighted by Crippen LogP contribution is 2.24. The number of carbonyl (C=O) groups excluding carboxylic acids is 1. The summed E-state index contributed by atoms with van der Waals surface area (Å²) >= 11 is 0. The quantitative estimate of drug-likeness (QED) is 0.619. The molecule has 0 spiro atoms. The fourth-order valence-electron chi connectivity index (χ4n) is 4.72. The second-order valence-corrected chi connectivity index (χ2v) is 8.43. The first-order chi connectivity index (χ1) is 13.0. The fraction of sp³-hybridized carbons (Fsp3) is 0.480. The number of aryl methyl sites for hydroxylation is 3. The summed E-state index contributed by atoms with van der Waals surface area (Å²) in [6, 6.07) is 15.2. The molecule has 1 heterocycles. The topological polar surface area (TPSA) is 17.1 Å². The van der Waals surface area contributed by atoms with Crippen molar-refractivity contribution in [2.24, 2.45) is 0 Å². The molecular weight excluding hydrogens is 330 g/mol. The Hall–Kier alpha value is -1.93. The Morgan fingerprint density at radius 2 is 1.56 bits per heavy atom. The number of quaternary nitrogens is 1. The first kappa shape index (κ1) is 19.8. The van der Waals surface area contributed by atoms with Crippen molar-refractivity contribution < 1.29 is 9.28 Å². The zero-order valence-corrected chi connectivity index (χ0v) is 17.3. The minimum absolute atomic E-state index is 0.392. The van der Waals surface area contributed by atoms with Gasteiger partial charge in [-0.2, -0.15) is 0 Å². The second kappa shape index (κ2) is 8.84. The van der Waals surface area contributed by atoms with Gasteiger partial charge in [0.25, 0.3) is 0 Å². The maximum Gasteiger partial charge on any atom is 0.191 e. The highest BCUT2D eigenvalue weighted by atomic mass is 16.1. The van der Waals surface area contributed by atoms with Crippen molar-refractivity contribution in [2.45, 2.75) is 59.4 Å². The SMILES string of the molecule is CCc1cc(C)c(CC(=O)C[N+]2(Cc3ccccc3)CCCCC2)c(C)c1. The van der Waals surface area contributed by atoms with Crippen LogP contribution in [0.2, 0.25) is 0 Å². The molecule has 1 fully saturated rings. The van der Waals surface area contributed by atoms with Gasteiger partial charge in [0.05, 0.1) is 13.1 Å². The van der Waals surface area contributed by atoms with Crippen LogP contribution in [0.25, 0.3) is 0 Å². The molecule has 1 aliphatic heterocycles. The van der Waals surface area contributed by atoms with Crippen molar-refractivity contribution in [3.05, 3.63) is 70.3 Å². The molecular formula is C25H34NO+. The van der Waals surface area contributed by atoms with E-state index in [9.17, 15) is 4.79 Å². The minimum Gasteiger partial charge on any atom is -0.314 e. The average molecular weight is 365 g/mol. The molecule has 0 aromatic heterocycles. The van der Waals surface area contributed by atoms with E-state index in [4.69, 9.17) is 0 Å². The second-order valence-electron chi connectivity index (χ2n) is 8.43. The lowest BCUT2D eigenvalue weighted by molar-refractivity contribution is -0.937. The van der Waals surface area contributed by atoms with Gasteiger partial charge in [0, 0.05) is 12.0 Å². The molecule has 2 heteroatoms. The van der Waals surface area contributed by atoms with Gasteiger partial charge in [0.2, 0.25) is 0 Å². The van der Waals surface area contributed by atoms with Crippen LogP contribution >= 0.6 is 0 Å². The number of hydrogen-bond donors (Lipinski definition) is 0. The van der Waals surface area contributed by atoms with Crippen molar-refractivity contribution in [3.63, 3.8) is 0 Å². The summed E-state index contributed by atoms with van der Waals surface area (Å²) in [6.45, 7) is 10.4. The molecule has 1 saturated heterocycles. The van der Waals surface area contributed by atoms with Crippen molar-refractivity contribution in [1.82, 2.24) is 0 Å². The van der Waals surface area contributed by atoms with Crippen LogP contribution in [0, 0.1) is 13.8 Å². The van der Waals surface area contributed by atoms with E-state index in [1.54, 1.807) is 0 Å². The molecule has 144 valence electrons. The van der Waals surface area contributed by atoms with Crippen LogP contribution in [0.5, 0.6) is 0 Å². The molecule has 0 N–H and O–H groups in total. The molecule has 0 bridgehead atoms. The van der Waals surface area contributed by atoms with Crippen LogP contribution in [0.1, 0.15) is 54.0 Å². The van der Waals surface area contributed by atoms with Crippen LogP contribution < -0.4 is 0 Å². The number of benzene rings is 2. The monoisotopic (exact) mass is 364 g/mol. The third-order valence-electron chi connectivity index (χ3n) is 6.18. The molecule has 0 aliphatic carbocycles. The maximum atomic E-state index is 13.1. The highest BCUT2D eigenvalue weighted by molar-refractivity contribution is 5.82. The molecule has 0 amide bonds. The standard InChI is InChI=1S/C25H34NO/c1-4-22-15-20(2)25(21(3)16-22)17-24(27)19-26(13-9-6-10-14-26)18-23-11-7-5-8-12-23/h5,7-8,11-12,15-16H,4,6,9-10,13-14,17-19H2,1-3H3/q+1. The van der Waals surface area contributed by atoms with Crippen LogP contribution in [0.4, 0.5) is 0 Å². The summed E-state index contributed by atoms with van der Waals surface area (Å²) in [7, 11) is 0. The predicted molar refractivity (Wildman–Crippen MR) is 113 cm³/mol. The minimum atomic E-state index is 0.392. The van der Waals surface area contributed by atoms with Gasteiger partial charge in [0.1, 0.15) is 13.1 Å². The van der Waals surface area contributed by atoms with E-state index < -0.39 is 0 Å². The Morgan fingerprint density at radius 1 is 0.926 bits per heavy atom. The van der Waals surface area contributed by atoms with Crippen LogP contribution in [-0.2, 0) is 24.2 Å². The number of hydrogen-bond acceptors (Lipinski definition) is 1. The molecule has 0 radical (unpaired) electrons. The Balaban J connectivity index is 1.75. The zero-order chi connectivity index (χ0) is 19.3. The van der Waals surface area contributed by atoms with Gasteiger partial charge in [-0.1, -0.05) is 49.4 Å². The molecule has 0 unspecified atom stereocenters. The summed E-state index contributed by atoms with van der Waals surface area (Å²) in [4.78, 5) is 13.1. The van der Waals surface area contributed by atoms with Gasteiger partial charge in [-0.3, -0.25) is 4.79 Å². The van der Waals surface area contributed by atoms with E-state index in [-0.39, 0.29) is 0 Å². The number of ketones is 1. The van der Waals surface area contributed by atoms with Gasteiger partial charge in [-0.25, -0.2) is 0 Å². The number of likely N-dealkylation sites (tertiary alicyclic amines) is 1. The fourth-order valence-corrected chi connectivity index (χ4v) is 4.72. The molecule has 3 rings (SSSR count). The first-order valence-corrected chi connectivity index (χ1v) is 10.5. The largest absolute Gasteiger partial charge is 0.314 e. The van der Waals surface area contributed by atoms with E-state index >= 15 is 0 Å². The third kappa shape index (κ3) is 5.07. The van der Waals surface area contributed by atoms with E-state index in [1.165, 1.54) is 47.1 Å². The van der Waals surface area contributed by atoms with Crippen LogP contribution in [0.15, 0.2) is 42.5 Å². The summed E-state index contributed by atoms with van der Waals surface area (Å²) < 4.78 is 0.938. The normalized spacial score (nSPS) is 16.3. The van der Waals surface area contributed by atoms with Crippen LogP contribution in [-0.4, -0.2) is 29.9 Å². The molecule has 1 aliphatic rings. The summed E-state index contributed by atoms with van der Waals surface area (Å²) in [5.41, 5.74) is 6.51. The smallest absolute Gasteiger partial charge is 0.191 e. The maximum absolute atomic E-state index is 13.1. The third-order valence-corrected chi connectivity index (χ3v) is 6.18. The van der Waals surface area contributed by atoms with E-state index in [0.717, 1.165) is 30.5 Å². The number of carbonyl (C=O) groups is 1. The van der Waals surface area contributed by atoms with Gasteiger partial charge in [-0.15, -0.1) is 0 Å². The Kier molecular flexibility index (Phi) is 6.49. The molecule has 27 heavy (non-hydrogen) atoms. The summed E-state index contributed by atoms with van der Waals surface area (Å²) in [5.74, 6) is 0.392. The van der Waals surface area contributed by atoms with Gasteiger partial charge in [-0.05, 0) is 61.8 Å². The van der Waals surface area contributed by atoms with Crippen LogP contribution in [0.3, 0.4) is 0 Å². The highest BCUT2D eigenvalue weighted by Gasteiger charge is 2.32. The Labute approximate surface area is 164 Å². The van der Waals surface area contributed by atoms with Crippen molar-refractivity contribution in [1.29, 1.82) is 0 Å².